The molecule has 4 rings (SSSR count). The summed E-state index contributed by atoms with van der Waals surface area (Å²) in [7, 11) is 0. The predicted octanol–water partition coefficient (Wildman–Crippen LogP) is 2.99. The van der Waals surface area contributed by atoms with Gasteiger partial charge in [-0.05, 0) is 45.9 Å². The van der Waals surface area contributed by atoms with Gasteiger partial charge < -0.3 is 15.3 Å². The molecule has 2 aromatic heterocycles. The van der Waals surface area contributed by atoms with Crippen LogP contribution in [-0.4, -0.2) is 55.8 Å². The van der Waals surface area contributed by atoms with Gasteiger partial charge >= 0.3 is 0 Å². The van der Waals surface area contributed by atoms with Crippen LogP contribution in [0.3, 0.4) is 0 Å². The molecule has 1 unspecified atom stereocenters. The van der Waals surface area contributed by atoms with Gasteiger partial charge in [-0.1, -0.05) is 0 Å². The number of aromatic hydroxyl groups is 1. The molecule has 0 spiro atoms. The van der Waals surface area contributed by atoms with Gasteiger partial charge in [-0.2, -0.15) is 5.10 Å². The lowest BCUT2D eigenvalue weighted by Gasteiger charge is -2.43. The van der Waals surface area contributed by atoms with Crippen LogP contribution in [0.5, 0.6) is 5.75 Å². The van der Waals surface area contributed by atoms with Gasteiger partial charge in [0.1, 0.15) is 11.6 Å². The van der Waals surface area contributed by atoms with Gasteiger partial charge in [0.25, 0.3) is 5.91 Å². The van der Waals surface area contributed by atoms with E-state index in [-0.39, 0.29) is 28.8 Å². The number of fused-ring (bicyclic) bond motifs is 1. The van der Waals surface area contributed by atoms with Crippen molar-refractivity contribution in [1.29, 1.82) is 0 Å². The highest BCUT2D eigenvalue weighted by Crippen LogP contribution is 2.30. The summed E-state index contributed by atoms with van der Waals surface area (Å²) >= 11 is 0. The van der Waals surface area contributed by atoms with Crippen molar-refractivity contribution in [2.24, 2.45) is 0 Å². The standard InChI is InChI=1S/C21H24FN5O2/c1-11-9-23-21(3,4)10-27(11)20(29)15-8-17(14-6-5-13(28)7-16(14)22)24-19-18(15)12(2)25-26-19/h5-8,11,23,28H,9-10H2,1-4H3,(H,24,25,26). The first-order valence-electron chi connectivity index (χ1n) is 9.57. The van der Waals surface area contributed by atoms with Crippen molar-refractivity contribution in [3.05, 3.63) is 41.3 Å². The molecule has 0 radical (unpaired) electrons. The van der Waals surface area contributed by atoms with E-state index in [1.165, 1.54) is 12.1 Å². The second-order valence-electron chi connectivity index (χ2n) is 8.31. The molecule has 1 atom stereocenters. The number of piperazine rings is 1. The average Bonchev–Trinajstić information content (AvgIpc) is 3.03. The minimum Gasteiger partial charge on any atom is -0.508 e. The summed E-state index contributed by atoms with van der Waals surface area (Å²) in [5, 5.41) is 20.7. The minimum atomic E-state index is -0.612. The fourth-order valence-corrected chi connectivity index (χ4v) is 3.79. The van der Waals surface area contributed by atoms with Crippen LogP contribution in [0, 0.1) is 12.7 Å². The molecular formula is C21H24FN5O2. The number of nitrogens with zero attached hydrogens (tertiary/aromatic N) is 3. The maximum absolute atomic E-state index is 14.5. The van der Waals surface area contributed by atoms with Crippen LogP contribution in [0.1, 0.15) is 36.8 Å². The number of amides is 1. The Balaban J connectivity index is 1.86. The number of benzene rings is 1. The topological polar surface area (TPSA) is 94.1 Å². The van der Waals surface area contributed by atoms with Gasteiger partial charge in [0, 0.05) is 42.0 Å². The Labute approximate surface area is 167 Å². The number of hydrogen-bond donors (Lipinski definition) is 3. The van der Waals surface area contributed by atoms with Crippen molar-refractivity contribution in [1.82, 2.24) is 25.4 Å². The Morgan fingerprint density at radius 1 is 1.34 bits per heavy atom. The number of phenolic OH excluding ortho intramolecular Hbond substituents is 1. The summed E-state index contributed by atoms with van der Waals surface area (Å²) < 4.78 is 14.5. The molecule has 29 heavy (non-hydrogen) atoms. The maximum Gasteiger partial charge on any atom is 0.255 e. The van der Waals surface area contributed by atoms with Gasteiger partial charge in [-0.3, -0.25) is 9.89 Å². The van der Waals surface area contributed by atoms with Crippen LogP contribution in [0.25, 0.3) is 22.3 Å². The smallest absolute Gasteiger partial charge is 0.255 e. The number of pyridine rings is 1. The zero-order chi connectivity index (χ0) is 20.9. The van der Waals surface area contributed by atoms with E-state index in [1.54, 1.807) is 6.07 Å². The zero-order valence-electron chi connectivity index (χ0n) is 16.9. The number of aromatic amines is 1. The molecule has 1 aliphatic heterocycles. The number of H-pyrrole nitrogens is 1. The molecule has 3 heterocycles. The van der Waals surface area contributed by atoms with E-state index in [9.17, 15) is 14.3 Å². The summed E-state index contributed by atoms with van der Waals surface area (Å²) in [5.74, 6) is -0.917. The minimum absolute atomic E-state index is 0.0137. The Morgan fingerprint density at radius 3 is 2.83 bits per heavy atom. The van der Waals surface area contributed by atoms with E-state index < -0.39 is 5.82 Å². The molecule has 0 bridgehead atoms. The number of rotatable bonds is 2. The second kappa shape index (κ2) is 6.81. The molecule has 0 saturated carbocycles. The largest absolute Gasteiger partial charge is 0.508 e. The average molecular weight is 397 g/mol. The number of carbonyl (C=O) groups is 1. The fourth-order valence-electron chi connectivity index (χ4n) is 3.79. The number of aromatic nitrogens is 3. The van der Waals surface area contributed by atoms with Crippen molar-refractivity contribution in [3.63, 3.8) is 0 Å². The highest BCUT2D eigenvalue weighted by atomic mass is 19.1. The summed E-state index contributed by atoms with van der Waals surface area (Å²) in [6, 6.07) is 5.50. The highest BCUT2D eigenvalue weighted by molar-refractivity contribution is 6.07. The van der Waals surface area contributed by atoms with Crippen molar-refractivity contribution in [3.8, 4) is 17.0 Å². The van der Waals surface area contributed by atoms with E-state index in [1.807, 2.05) is 18.7 Å². The predicted molar refractivity (Wildman–Crippen MR) is 108 cm³/mol. The van der Waals surface area contributed by atoms with Gasteiger partial charge in [0.05, 0.1) is 16.6 Å². The first-order valence-corrected chi connectivity index (χ1v) is 9.57. The monoisotopic (exact) mass is 397 g/mol. The van der Waals surface area contributed by atoms with Crippen molar-refractivity contribution < 1.29 is 14.3 Å². The summed E-state index contributed by atoms with van der Waals surface area (Å²) in [6.07, 6.45) is 0. The Morgan fingerprint density at radius 2 is 2.10 bits per heavy atom. The molecule has 3 aromatic rings. The van der Waals surface area contributed by atoms with Crippen LogP contribution in [0.15, 0.2) is 24.3 Å². The van der Waals surface area contributed by atoms with Crippen molar-refractivity contribution >= 4 is 16.9 Å². The summed E-state index contributed by atoms with van der Waals surface area (Å²) in [5.41, 5.74) is 1.83. The van der Waals surface area contributed by atoms with E-state index in [0.717, 1.165) is 11.8 Å². The quantitative estimate of drug-likeness (QED) is 0.618. The lowest BCUT2D eigenvalue weighted by molar-refractivity contribution is 0.0535. The molecular weight excluding hydrogens is 373 g/mol. The lowest BCUT2D eigenvalue weighted by atomic mass is 9.97. The normalized spacial score (nSPS) is 18.9. The number of phenols is 1. The Hall–Kier alpha value is -3.00. The Bertz CT molecular complexity index is 1110. The summed E-state index contributed by atoms with van der Waals surface area (Å²) in [4.78, 5) is 19.9. The van der Waals surface area contributed by atoms with Crippen LogP contribution in [0.4, 0.5) is 4.39 Å². The third-order valence-electron chi connectivity index (χ3n) is 5.40. The number of nitrogens with one attached hydrogen (secondary N) is 2. The van der Waals surface area contributed by atoms with Crippen molar-refractivity contribution in [2.75, 3.05) is 13.1 Å². The van der Waals surface area contributed by atoms with Gasteiger partial charge in [-0.25, -0.2) is 9.37 Å². The summed E-state index contributed by atoms with van der Waals surface area (Å²) in [6.45, 7) is 9.19. The first kappa shape index (κ1) is 19.3. The third kappa shape index (κ3) is 3.44. The lowest BCUT2D eigenvalue weighted by Crippen LogP contribution is -2.62. The van der Waals surface area contributed by atoms with Gasteiger partial charge in [0.2, 0.25) is 0 Å². The molecule has 152 valence electrons. The number of carbonyl (C=O) groups excluding carboxylic acids is 1. The van der Waals surface area contributed by atoms with E-state index >= 15 is 0 Å². The van der Waals surface area contributed by atoms with Gasteiger partial charge in [-0.15, -0.1) is 0 Å². The van der Waals surface area contributed by atoms with E-state index in [4.69, 9.17) is 0 Å². The number of halogens is 1. The SMILES string of the molecule is Cc1[nH]nc2nc(-c3ccc(O)cc3F)cc(C(=O)N3CC(C)(C)NCC3C)c12. The van der Waals surface area contributed by atoms with E-state index in [0.29, 0.717) is 35.4 Å². The number of aryl methyl sites for hydroxylation is 1. The van der Waals surface area contributed by atoms with Crippen LogP contribution >= 0.6 is 0 Å². The number of hydrogen-bond acceptors (Lipinski definition) is 5. The molecule has 1 saturated heterocycles. The Kier molecular flexibility index (Phi) is 4.53. The molecule has 8 heteroatoms. The van der Waals surface area contributed by atoms with Crippen molar-refractivity contribution in [2.45, 2.75) is 39.3 Å². The molecule has 1 amide bonds. The van der Waals surface area contributed by atoms with Gasteiger partial charge in [0.15, 0.2) is 5.65 Å². The molecule has 1 fully saturated rings. The third-order valence-corrected chi connectivity index (χ3v) is 5.40. The fraction of sp³-hybridized carbons (Fsp3) is 0.381. The molecule has 3 N–H and O–H groups in total. The molecule has 7 nitrogen and oxygen atoms in total. The molecule has 1 aromatic carbocycles. The zero-order valence-corrected chi connectivity index (χ0v) is 16.9. The van der Waals surface area contributed by atoms with Crippen LogP contribution in [-0.2, 0) is 0 Å². The van der Waals surface area contributed by atoms with Crippen LogP contribution < -0.4 is 5.32 Å². The first-order chi connectivity index (χ1) is 13.7. The highest BCUT2D eigenvalue weighted by Gasteiger charge is 2.34. The van der Waals surface area contributed by atoms with E-state index in [2.05, 4.69) is 34.3 Å². The van der Waals surface area contributed by atoms with Crippen LogP contribution in [0.2, 0.25) is 0 Å². The molecule has 1 aliphatic rings. The maximum atomic E-state index is 14.5. The second-order valence-corrected chi connectivity index (χ2v) is 8.31. The molecule has 0 aliphatic carbocycles.